The van der Waals surface area contributed by atoms with Gasteiger partial charge in [0.2, 0.25) is 0 Å². The van der Waals surface area contributed by atoms with Crippen LogP contribution in [0.2, 0.25) is 0 Å². The number of nitrogens with one attached hydrogen (secondary N) is 1. The molecule has 0 bridgehead atoms. The number of pyridine rings is 1. The van der Waals surface area contributed by atoms with Crippen molar-refractivity contribution < 1.29 is 4.39 Å². The highest BCUT2D eigenvalue weighted by Gasteiger charge is 2.11. The van der Waals surface area contributed by atoms with Gasteiger partial charge in [-0.2, -0.15) is 0 Å². The number of anilines is 2. The summed E-state index contributed by atoms with van der Waals surface area (Å²) in [6, 6.07) is 5.16. The molecule has 1 heterocycles. The van der Waals surface area contributed by atoms with Gasteiger partial charge in [0, 0.05) is 12.2 Å². The van der Waals surface area contributed by atoms with Gasteiger partial charge in [0.25, 0.3) is 0 Å². The first-order chi connectivity index (χ1) is 8.99. The summed E-state index contributed by atoms with van der Waals surface area (Å²) in [6.45, 7) is 3.70. The van der Waals surface area contributed by atoms with Gasteiger partial charge < -0.3 is 11.1 Å². The van der Waals surface area contributed by atoms with Crippen LogP contribution in [0.25, 0.3) is 0 Å². The van der Waals surface area contributed by atoms with E-state index >= 15 is 0 Å². The largest absolute Gasteiger partial charge is 0.396 e. The Kier molecular flexibility index (Phi) is 4.04. The number of rotatable bonds is 3. The molecule has 5 heteroatoms. The van der Waals surface area contributed by atoms with Crippen molar-refractivity contribution in [2.75, 3.05) is 11.1 Å². The SMILES string of the molecule is Cc1ccc(C(C)Nc2c(N)cncc2Br)cc1F. The summed E-state index contributed by atoms with van der Waals surface area (Å²) in [7, 11) is 0. The third-order valence-corrected chi connectivity index (χ3v) is 3.59. The normalized spacial score (nSPS) is 12.2. The van der Waals surface area contributed by atoms with Crippen molar-refractivity contribution in [3.8, 4) is 0 Å². The Labute approximate surface area is 120 Å². The van der Waals surface area contributed by atoms with Crippen LogP contribution in [0.4, 0.5) is 15.8 Å². The summed E-state index contributed by atoms with van der Waals surface area (Å²) in [5.74, 6) is -0.201. The molecule has 19 heavy (non-hydrogen) atoms. The number of aryl methyl sites for hydroxylation is 1. The molecule has 0 radical (unpaired) electrons. The molecular formula is C14H15BrFN3. The van der Waals surface area contributed by atoms with E-state index < -0.39 is 0 Å². The van der Waals surface area contributed by atoms with E-state index in [4.69, 9.17) is 5.73 Å². The van der Waals surface area contributed by atoms with Crippen LogP contribution in [0.3, 0.4) is 0 Å². The summed E-state index contributed by atoms with van der Waals surface area (Å²) in [5.41, 5.74) is 8.70. The molecule has 1 unspecified atom stereocenters. The molecule has 1 aromatic heterocycles. The smallest absolute Gasteiger partial charge is 0.126 e. The number of aromatic nitrogens is 1. The van der Waals surface area contributed by atoms with Crippen molar-refractivity contribution in [2.45, 2.75) is 19.9 Å². The maximum absolute atomic E-state index is 13.6. The molecule has 100 valence electrons. The fraction of sp³-hybridized carbons (Fsp3) is 0.214. The Bertz CT molecular complexity index is 581. The van der Waals surface area contributed by atoms with Crippen LogP contribution in [-0.2, 0) is 0 Å². The van der Waals surface area contributed by atoms with Crippen LogP contribution in [-0.4, -0.2) is 4.98 Å². The standard InChI is InChI=1S/C14H15BrFN3/c1-8-3-4-10(5-12(8)16)9(2)19-14-11(15)6-18-7-13(14)17/h3-7,9H,17H2,1-2H3,(H,18,19). The van der Waals surface area contributed by atoms with Crippen LogP contribution in [0, 0.1) is 12.7 Å². The van der Waals surface area contributed by atoms with Crippen molar-refractivity contribution in [1.29, 1.82) is 0 Å². The van der Waals surface area contributed by atoms with E-state index in [1.54, 1.807) is 25.4 Å². The molecule has 3 nitrogen and oxygen atoms in total. The molecule has 0 spiro atoms. The van der Waals surface area contributed by atoms with Crippen molar-refractivity contribution >= 4 is 27.3 Å². The zero-order valence-electron chi connectivity index (χ0n) is 10.7. The van der Waals surface area contributed by atoms with E-state index in [1.165, 1.54) is 6.07 Å². The first kappa shape index (κ1) is 13.8. The number of halogens is 2. The fourth-order valence-corrected chi connectivity index (χ4v) is 2.24. The quantitative estimate of drug-likeness (QED) is 0.896. The van der Waals surface area contributed by atoms with E-state index in [0.29, 0.717) is 11.3 Å². The van der Waals surface area contributed by atoms with Gasteiger partial charge in [0.1, 0.15) is 5.82 Å². The average Bonchev–Trinajstić information content (AvgIpc) is 2.37. The summed E-state index contributed by atoms with van der Waals surface area (Å²) in [5, 5.41) is 3.26. The van der Waals surface area contributed by atoms with Crippen LogP contribution in [0.1, 0.15) is 24.1 Å². The van der Waals surface area contributed by atoms with Gasteiger partial charge in [-0.25, -0.2) is 4.39 Å². The molecule has 0 saturated heterocycles. The molecule has 2 aromatic rings. The van der Waals surface area contributed by atoms with Crippen molar-refractivity contribution in [3.05, 3.63) is 52.0 Å². The lowest BCUT2D eigenvalue weighted by molar-refractivity contribution is 0.614. The highest BCUT2D eigenvalue weighted by molar-refractivity contribution is 9.10. The summed E-state index contributed by atoms with van der Waals surface area (Å²) >= 11 is 3.40. The third kappa shape index (κ3) is 3.04. The minimum absolute atomic E-state index is 0.0592. The molecule has 1 atom stereocenters. The molecule has 0 saturated carbocycles. The highest BCUT2D eigenvalue weighted by Crippen LogP contribution is 2.31. The number of nitrogens with two attached hydrogens (primary N) is 1. The number of hydrogen-bond donors (Lipinski definition) is 2. The highest BCUT2D eigenvalue weighted by atomic mass is 79.9. The topological polar surface area (TPSA) is 50.9 Å². The van der Waals surface area contributed by atoms with Gasteiger partial charge in [-0.3, -0.25) is 4.98 Å². The Balaban J connectivity index is 2.25. The van der Waals surface area contributed by atoms with Gasteiger partial charge in [0.15, 0.2) is 0 Å². The zero-order chi connectivity index (χ0) is 14.0. The number of nitrogen functional groups attached to an aromatic ring is 1. The first-order valence-corrected chi connectivity index (χ1v) is 6.70. The predicted octanol–water partition coefficient (Wildman–Crippen LogP) is 4.05. The Hall–Kier alpha value is -1.62. The lowest BCUT2D eigenvalue weighted by Gasteiger charge is -2.18. The Morgan fingerprint density at radius 1 is 1.37 bits per heavy atom. The zero-order valence-corrected chi connectivity index (χ0v) is 12.3. The minimum Gasteiger partial charge on any atom is -0.396 e. The van der Waals surface area contributed by atoms with Crippen LogP contribution in [0.15, 0.2) is 35.1 Å². The second kappa shape index (κ2) is 5.57. The van der Waals surface area contributed by atoms with Gasteiger partial charge >= 0.3 is 0 Å². The van der Waals surface area contributed by atoms with Gasteiger partial charge in [-0.15, -0.1) is 0 Å². The predicted molar refractivity (Wildman–Crippen MR) is 79.5 cm³/mol. The lowest BCUT2D eigenvalue weighted by atomic mass is 10.1. The van der Waals surface area contributed by atoms with E-state index in [0.717, 1.165) is 15.7 Å². The van der Waals surface area contributed by atoms with Crippen molar-refractivity contribution in [2.24, 2.45) is 0 Å². The molecule has 3 N–H and O–H groups in total. The second-order valence-corrected chi connectivity index (χ2v) is 5.31. The average molecular weight is 324 g/mol. The van der Waals surface area contributed by atoms with Crippen LogP contribution >= 0.6 is 15.9 Å². The summed E-state index contributed by atoms with van der Waals surface area (Å²) < 4.78 is 14.3. The lowest BCUT2D eigenvalue weighted by Crippen LogP contribution is -2.09. The molecule has 0 fully saturated rings. The van der Waals surface area contributed by atoms with E-state index in [2.05, 4.69) is 26.2 Å². The number of nitrogens with zero attached hydrogens (tertiary/aromatic N) is 1. The molecule has 0 amide bonds. The van der Waals surface area contributed by atoms with Gasteiger partial charge in [-0.1, -0.05) is 12.1 Å². The minimum atomic E-state index is -0.201. The molecular weight excluding hydrogens is 309 g/mol. The first-order valence-electron chi connectivity index (χ1n) is 5.90. The van der Waals surface area contributed by atoms with Crippen molar-refractivity contribution in [3.63, 3.8) is 0 Å². The number of benzene rings is 1. The van der Waals surface area contributed by atoms with Gasteiger partial charge in [-0.05, 0) is 47.0 Å². The molecule has 2 rings (SSSR count). The number of hydrogen-bond acceptors (Lipinski definition) is 3. The molecule has 0 aliphatic carbocycles. The monoisotopic (exact) mass is 323 g/mol. The Morgan fingerprint density at radius 3 is 2.74 bits per heavy atom. The van der Waals surface area contributed by atoms with E-state index in [9.17, 15) is 4.39 Å². The third-order valence-electron chi connectivity index (χ3n) is 2.99. The fourth-order valence-electron chi connectivity index (χ4n) is 1.78. The van der Waals surface area contributed by atoms with Gasteiger partial charge in [0.05, 0.1) is 22.0 Å². The molecule has 0 aliphatic rings. The van der Waals surface area contributed by atoms with Crippen LogP contribution in [0.5, 0.6) is 0 Å². The maximum atomic E-state index is 13.6. The maximum Gasteiger partial charge on any atom is 0.126 e. The Morgan fingerprint density at radius 2 is 2.11 bits per heavy atom. The van der Waals surface area contributed by atoms with Crippen LogP contribution < -0.4 is 11.1 Å². The summed E-state index contributed by atoms with van der Waals surface area (Å²) in [6.07, 6.45) is 3.25. The van der Waals surface area contributed by atoms with Crippen molar-refractivity contribution in [1.82, 2.24) is 4.98 Å². The summed E-state index contributed by atoms with van der Waals surface area (Å²) in [4.78, 5) is 3.98. The second-order valence-electron chi connectivity index (χ2n) is 4.46. The molecule has 1 aromatic carbocycles. The van der Waals surface area contributed by atoms with E-state index in [-0.39, 0.29) is 11.9 Å². The van der Waals surface area contributed by atoms with E-state index in [1.807, 2.05) is 13.0 Å². The molecule has 0 aliphatic heterocycles.